The van der Waals surface area contributed by atoms with Crippen LogP contribution in [0.3, 0.4) is 0 Å². The molecule has 20 heavy (non-hydrogen) atoms. The molecule has 1 aliphatic rings. The average molecular weight is 305 g/mol. The molecule has 1 N–H and O–H groups in total. The highest BCUT2D eigenvalue weighted by Gasteiger charge is 2.23. The molecule has 1 aromatic heterocycles. The lowest BCUT2D eigenvalue weighted by atomic mass is 9.98. The third-order valence-corrected chi connectivity index (χ3v) is 5.73. The highest BCUT2D eigenvalue weighted by molar-refractivity contribution is 7.99. The van der Waals surface area contributed by atoms with Crippen molar-refractivity contribution in [1.82, 2.24) is 10.2 Å². The molecule has 0 bridgehead atoms. The van der Waals surface area contributed by atoms with Crippen LogP contribution in [0.15, 0.2) is 29.2 Å². The Balaban J connectivity index is 1.81. The van der Waals surface area contributed by atoms with Gasteiger partial charge in [-0.25, -0.2) is 0 Å². The van der Waals surface area contributed by atoms with Gasteiger partial charge in [0, 0.05) is 16.1 Å². The SMILES string of the molecule is CC(C)(C)c1nnc(NC2CCSc3ccccc32)s1. The van der Waals surface area contributed by atoms with Crippen LogP contribution in [0.4, 0.5) is 5.13 Å². The smallest absolute Gasteiger partial charge is 0.206 e. The fourth-order valence-electron chi connectivity index (χ4n) is 2.23. The molecule has 0 amide bonds. The number of nitrogens with zero attached hydrogens (tertiary/aromatic N) is 2. The van der Waals surface area contributed by atoms with Gasteiger partial charge in [0.05, 0.1) is 6.04 Å². The van der Waals surface area contributed by atoms with Crippen LogP contribution in [0.1, 0.15) is 43.8 Å². The van der Waals surface area contributed by atoms with Crippen molar-refractivity contribution in [3.63, 3.8) is 0 Å². The Morgan fingerprint density at radius 2 is 2.00 bits per heavy atom. The molecule has 1 aliphatic heterocycles. The van der Waals surface area contributed by atoms with E-state index < -0.39 is 0 Å². The quantitative estimate of drug-likeness (QED) is 0.887. The minimum atomic E-state index is 0.0674. The summed E-state index contributed by atoms with van der Waals surface area (Å²) in [5.74, 6) is 1.15. The van der Waals surface area contributed by atoms with E-state index in [1.165, 1.54) is 10.5 Å². The predicted octanol–water partition coefficient (Wildman–Crippen LogP) is 4.48. The van der Waals surface area contributed by atoms with E-state index in [0.29, 0.717) is 6.04 Å². The lowest BCUT2D eigenvalue weighted by molar-refractivity contribution is 0.578. The number of aromatic nitrogens is 2. The van der Waals surface area contributed by atoms with Crippen LogP contribution in [-0.2, 0) is 5.41 Å². The van der Waals surface area contributed by atoms with E-state index in [1.54, 1.807) is 11.3 Å². The monoisotopic (exact) mass is 305 g/mol. The fourth-order valence-corrected chi connectivity index (χ4v) is 4.20. The van der Waals surface area contributed by atoms with Crippen molar-refractivity contribution in [2.45, 2.75) is 43.5 Å². The first-order chi connectivity index (χ1) is 9.54. The molecule has 3 nitrogen and oxygen atoms in total. The Morgan fingerprint density at radius 1 is 1.20 bits per heavy atom. The van der Waals surface area contributed by atoms with Crippen LogP contribution in [0.25, 0.3) is 0 Å². The summed E-state index contributed by atoms with van der Waals surface area (Å²) in [7, 11) is 0. The molecular weight excluding hydrogens is 286 g/mol. The molecule has 0 spiro atoms. The van der Waals surface area contributed by atoms with Gasteiger partial charge < -0.3 is 5.32 Å². The van der Waals surface area contributed by atoms with E-state index in [1.807, 2.05) is 11.8 Å². The van der Waals surface area contributed by atoms with E-state index in [2.05, 4.69) is 60.6 Å². The molecule has 106 valence electrons. The van der Waals surface area contributed by atoms with Crippen molar-refractivity contribution in [3.05, 3.63) is 34.8 Å². The molecule has 0 fully saturated rings. The van der Waals surface area contributed by atoms with Crippen LogP contribution >= 0.6 is 23.1 Å². The van der Waals surface area contributed by atoms with Gasteiger partial charge in [-0.1, -0.05) is 50.3 Å². The van der Waals surface area contributed by atoms with Crippen molar-refractivity contribution in [2.75, 3.05) is 11.1 Å². The number of rotatable bonds is 2. The van der Waals surface area contributed by atoms with E-state index in [9.17, 15) is 0 Å². The molecule has 1 atom stereocenters. The number of fused-ring (bicyclic) bond motifs is 1. The van der Waals surface area contributed by atoms with Gasteiger partial charge in [-0.2, -0.15) is 0 Å². The lowest BCUT2D eigenvalue weighted by Crippen LogP contribution is -2.15. The Kier molecular flexibility index (Phi) is 3.73. The number of hydrogen-bond acceptors (Lipinski definition) is 5. The normalized spacial score (nSPS) is 18.6. The van der Waals surface area contributed by atoms with Gasteiger partial charge in [0.1, 0.15) is 5.01 Å². The van der Waals surface area contributed by atoms with Crippen LogP contribution in [-0.4, -0.2) is 16.0 Å². The van der Waals surface area contributed by atoms with E-state index >= 15 is 0 Å². The van der Waals surface area contributed by atoms with Gasteiger partial charge in [0.2, 0.25) is 5.13 Å². The molecule has 2 heterocycles. The summed E-state index contributed by atoms with van der Waals surface area (Å²) in [4.78, 5) is 1.39. The maximum absolute atomic E-state index is 4.31. The Bertz CT molecular complexity index is 601. The van der Waals surface area contributed by atoms with E-state index in [4.69, 9.17) is 0 Å². The van der Waals surface area contributed by atoms with Crippen LogP contribution in [0.5, 0.6) is 0 Å². The minimum Gasteiger partial charge on any atom is -0.353 e. The number of nitrogens with one attached hydrogen (secondary N) is 1. The topological polar surface area (TPSA) is 37.8 Å². The third-order valence-electron chi connectivity index (χ3n) is 3.32. The summed E-state index contributed by atoms with van der Waals surface area (Å²) in [6, 6.07) is 8.99. The van der Waals surface area contributed by atoms with Crippen LogP contribution < -0.4 is 5.32 Å². The van der Waals surface area contributed by atoms with Crippen molar-refractivity contribution >= 4 is 28.2 Å². The highest BCUT2D eigenvalue weighted by Crippen LogP contribution is 2.38. The number of hydrogen-bond donors (Lipinski definition) is 1. The van der Waals surface area contributed by atoms with Crippen molar-refractivity contribution in [2.24, 2.45) is 0 Å². The molecular formula is C15H19N3S2. The Morgan fingerprint density at radius 3 is 2.75 bits per heavy atom. The van der Waals surface area contributed by atoms with Crippen molar-refractivity contribution in [1.29, 1.82) is 0 Å². The zero-order valence-electron chi connectivity index (χ0n) is 12.0. The summed E-state index contributed by atoms with van der Waals surface area (Å²) in [5, 5.41) is 14.2. The van der Waals surface area contributed by atoms with E-state index in [0.717, 1.165) is 22.3 Å². The first-order valence-electron chi connectivity index (χ1n) is 6.86. The van der Waals surface area contributed by atoms with Gasteiger partial charge in [0.15, 0.2) is 0 Å². The Labute approximate surface area is 128 Å². The Hall–Kier alpha value is -1.07. The third kappa shape index (κ3) is 2.83. The average Bonchev–Trinajstić information content (AvgIpc) is 2.88. The first-order valence-corrected chi connectivity index (χ1v) is 8.66. The highest BCUT2D eigenvalue weighted by atomic mass is 32.2. The van der Waals surface area contributed by atoms with Crippen molar-refractivity contribution < 1.29 is 0 Å². The maximum atomic E-state index is 4.31. The zero-order valence-corrected chi connectivity index (χ0v) is 13.6. The summed E-state index contributed by atoms with van der Waals surface area (Å²) in [5.41, 5.74) is 1.45. The second kappa shape index (κ2) is 5.37. The molecule has 0 radical (unpaired) electrons. The van der Waals surface area contributed by atoms with Gasteiger partial charge in [-0.3, -0.25) is 0 Å². The summed E-state index contributed by atoms with van der Waals surface area (Å²) in [6.07, 6.45) is 1.13. The number of benzene rings is 1. The number of thioether (sulfide) groups is 1. The number of anilines is 1. The summed E-state index contributed by atoms with van der Waals surface area (Å²) in [6.45, 7) is 6.51. The molecule has 2 aromatic rings. The van der Waals surface area contributed by atoms with Gasteiger partial charge >= 0.3 is 0 Å². The molecule has 0 aliphatic carbocycles. The molecule has 0 saturated carbocycles. The molecule has 1 unspecified atom stereocenters. The summed E-state index contributed by atoms with van der Waals surface area (Å²) < 4.78 is 0. The van der Waals surface area contributed by atoms with Gasteiger partial charge in [0.25, 0.3) is 0 Å². The maximum Gasteiger partial charge on any atom is 0.206 e. The largest absolute Gasteiger partial charge is 0.353 e. The molecule has 0 saturated heterocycles. The van der Waals surface area contributed by atoms with Gasteiger partial charge in [-0.15, -0.1) is 22.0 Å². The second-order valence-electron chi connectivity index (χ2n) is 6.03. The second-order valence-corrected chi connectivity index (χ2v) is 8.15. The molecule has 1 aromatic carbocycles. The predicted molar refractivity (Wildman–Crippen MR) is 86.8 cm³/mol. The van der Waals surface area contributed by atoms with Gasteiger partial charge in [-0.05, 0) is 18.1 Å². The lowest BCUT2D eigenvalue weighted by Gasteiger charge is -2.25. The minimum absolute atomic E-state index is 0.0674. The standard InChI is InChI=1S/C15H19N3S2/c1-15(2,3)13-17-18-14(20-13)16-11-8-9-19-12-7-5-4-6-10(11)12/h4-7,11H,8-9H2,1-3H3,(H,16,18). The van der Waals surface area contributed by atoms with Crippen LogP contribution in [0.2, 0.25) is 0 Å². The zero-order chi connectivity index (χ0) is 14.2. The van der Waals surface area contributed by atoms with Crippen LogP contribution in [0, 0.1) is 0 Å². The summed E-state index contributed by atoms with van der Waals surface area (Å²) >= 11 is 3.61. The molecule has 5 heteroatoms. The van der Waals surface area contributed by atoms with Crippen molar-refractivity contribution in [3.8, 4) is 0 Å². The fraction of sp³-hybridized carbons (Fsp3) is 0.467. The molecule has 3 rings (SSSR count). The first kappa shape index (κ1) is 13.9. The van der Waals surface area contributed by atoms with E-state index in [-0.39, 0.29) is 5.41 Å².